The van der Waals surface area contributed by atoms with Crippen LogP contribution in [0.25, 0.3) is 0 Å². The van der Waals surface area contributed by atoms with E-state index < -0.39 is 16.1 Å². The van der Waals surface area contributed by atoms with Gasteiger partial charge in [0.15, 0.2) is 0 Å². The average Bonchev–Trinajstić information content (AvgIpc) is 2.74. The van der Waals surface area contributed by atoms with Crippen LogP contribution in [0.5, 0.6) is 0 Å². The number of rotatable bonds is 6. The smallest absolute Gasteiger partial charge is 0.411 e. The highest BCUT2D eigenvalue weighted by atomic mass is 32.2. The second-order valence-corrected chi connectivity index (χ2v) is 9.82. The number of nitrogens with zero attached hydrogens (tertiary/aromatic N) is 1. The molecule has 0 aromatic heterocycles. The third kappa shape index (κ3) is 6.05. The van der Waals surface area contributed by atoms with Gasteiger partial charge in [-0.1, -0.05) is 18.2 Å². The van der Waals surface area contributed by atoms with Gasteiger partial charge in [-0.15, -0.1) is 0 Å². The van der Waals surface area contributed by atoms with Crippen molar-refractivity contribution < 1.29 is 22.7 Å². The molecule has 2 aromatic carbocycles. The van der Waals surface area contributed by atoms with Crippen molar-refractivity contribution in [2.45, 2.75) is 42.7 Å². The summed E-state index contributed by atoms with van der Waals surface area (Å²) in [6.45, 7) is 0. The minimum Gasteiger partial charge on any atom is -0.446 e. The molecule has 9 heteroatoms. The molecular weight excluding hydrogens is 418 g/mol. The number of carbonyl (C=O) groups is 2. The number of sulfonamides is 1. The maximum atomic E-state index is 12.6. The van der Waals surface area contributed by atoms with Crippen molar-refractivity contribution in [2.24, 2.45) is 0 Å². The first-order chi connectivity index (χ1) is 14.8. The molecule has 0 radical (unpaired) electrons. The fourth-order valence-electron chi connectivity index (χ4n) is 3.46. The molecular formula is C22H27N3O5S. The second kappa shape index (κ2) is 9.93. The van der Waals surface area contributed by atoms with Gasteiger partial charge in [0, 0.05) is 37.8 Å². The summed E-state index contributed by atoms with van der Waals surface area (Å²) in [5, 5.41) is 5.65. The highest BCUT2D eigenvalue weighted by Crippen LogP contribution is 2.22. The highest BCUT2D eigenvalue weighted by Gasteiger charge is 2.26. The van der Waals surface area contributed by atoms with Crippen LogP contribution in [0, 0.1) is 0 Å². The quantitative estimate of drug-likeness (QED) is 0.710. The van der Waals surface area contributed by atoms with E-state index in [1.807, 2.05) is 18.2 Å². The van der Waals surface area contributed by atoms with Gasteiger partial charge < -0.3 is 10.1 Å². The van der Waals surface area contributed by atoms with Crippen LogP contribution in [-0.4, -0.2) is 51.0 Å². The van der Waals surface area contributed by atoms with Crippen molar-refractivity contribution in [2.75, 3.05) is 19.4 Å². The Balaban J connectivity index is 1.54. The predicted molar refractivity (Wildman–Crippen MR) is 117 cm³/mol. The molecule has 2 atom stereocenters. The Bertz CT molecular complexity index is 1010. The lowest BCUT2D eigenvalue weighted by molar-refractivity contribution is 0.0712. The van der Waals surface area contributed by atoms with E-state index in [4.69, 9.17) is 4.74 Å². The van der Waals surface area contributed by atoms with Crippen molar-refractivity contribution in [3.63, 3.8) is 0 Å². The molecule has 3 rings (SSSR count). The fraction of sp³-hybridized carbons (Fsp3) is 0.364. The second-order valence-electron chi connectivity index (χ2n) is 7.67. The van der Waals surface area contributed by atoms with Crippen molar-refractivity contribution >= 4 is 27.7 Å². The number of amides is 2. The predicted octanol–water partition coefficient (Wildman–Crippen LogP) is 3.23. The van der Waals surface area contributed by atoms with E-state index in [0.717, 1.165) is 23.6 Å². The monoisotopic (exact) mass is 445 g/mol. The molecule has 1 fully saturated rings. The van der Waals surface area contributed by atoms with Crippen LogP contribution in [0.4, 0.5) is 10.5 Å². The van der Waals surface area contributed by atoms with Crippen molar-refractivity contribution in [1.82, 2.24) is 9.62 Å². The molecule has 2 N–H and O–H groups in total. The molecule has 2 aromatic rings. The Morgan fingerprint density at radius 1 is 1.00 bits per heavy atom. The van der Waals surface area contributed by atoms with Gasteiger partial charge in [0.1, 0.15) is 6.10 Å². The normalized spacial score (nSPS) is 18.9. The Kier molecular flexibility index (Phi) is 7.29. The molecule has 0 spiro atoms. The van der Waals surface area contributed by atoms with E-state index in [-0.39, 0.29) is 22.9 Å². The van der Waals surface area contributed by atoms with Crippen LogP contribution >= 0.6 is 0 Å². The van der Waals surface area contributed by atoms with Gasteiger partial charge in [-0.25, -0.2) is 17.5 Å². The SMILES string of the molecule is CN(C)S(=O)(=O)c1ccc(C(=O)N[C@@H]2CCC[C@H](OC(=O)Nc3ccccc3)C2)cc1. The Hall–Kier alpha value is -2.91. The van der Waals surface area contributed by atoms with Crippen LogP contribution in [-0.2, 0) is 14.8 Å². The van der Waals surface area contributed by atoms with Gasteiger partial charge in [0.05, 0.1) is 4.90 Å². The Morgan fingerprint density at radius 3 is 2.32 bits per heavy atom. The van der Waals surface area contributed by atoms with Gasteiger partial charge in [-0.05, 0) is 55.7 Å². The molecule has 31 heavy (non-hydrogen) atoms. The number of ether oxygens (including phenoxy) is 1. The summed E-state index contributed by atoms with van der Waals surface area (Å²) in [5.41, 5.74) is 1.04. The lowest BCUT2D eigenvalue weighted by atomic mass is 9.92. The standard InChI is InChI=1S/C22H27N3O5S/c1-25(2)31(28,29)20-13-11-16(12-14-20)21(26)23-18-9-6-10-19(15-18)30-22(27)24-17-7-4-3-5-8-17/h3-5,7-8,11-14,18-19H,6,9-10,15H2,1-2H3,(H,23,26)(H,24,27)/t18-,19+/m1/s1. The van der Waals surface area contributed by atoms with Crippen LogP contribution < -0.4 is 10.6 Å². The topological polar surface area (TPSA) is 105 Å². The molecule has 1 aliphatic carbocycles. The van der Waals surface area contributed by atoms with Gasteiger partial charge in [0.25, 0.3) is 5.91 Å². The third-order valence-corrected chi connectivity index (χ3v) is 6.98. The molecule has 0 aliphatic heterocycles. The van der Waals surface area contributed by atoms with E-state index in [9.17, 15) is 18.0 Å². The van der Waals surface area contributed by atoms with Gasteiger partial charge in [-0.2, -0.15) is 0 Å². The first-order valence-corrected chi connectivity index (χ1v) is 11.6. The molecule has 1 aliphatic rings. The number of carbonyl (C=O) groups excluding carboxylic acids is 2. The minimum atomic E-state index is -3.54. The first kappa shape index (κ1) is 22.8. The molecule has 0 heterocycles. The summed E-state index contributed by atoms with van der Waals surface area (Å²) >= 11 is 0. The van der Waals surface area contributed by atoms with Crippen molar-refractivity contribution in [1.29, 1.82) is 0 Å². The maximum Gasteiger partial charge on any atom is 0.411 e. The van der Waals surface area contributed by atoms with Gasteiger partial charge in [0.2, 0.25) is 10.0 Å². The summed E-state index contributed by atoms with van der Waals surface area (Å²) in [5.74, 6) is -0.284. The Labute approximate surface area is 182 Å². The van der Waals surface area contributed by atoms with E-state index in [0.29, 0.717) is 17.7 Å². The molecule has 0 saturated heterocycles. The van der Waals surface area contributed by atoms with Gasteiger partial charge in [-0.3, -0.25) is 10.1 Å². The summed E-state index contributed by atoms with van der Waals surface area (Å²) in [6, 6.07) is 14.8. The van der Waals surface area contributed by atoms with Crippen LogP contribution in [0.1, 0.15) is 36.0 Å². The zero-order valence-corrected chi connectivity index (χ0v) is 18.4. The maximum absolute atomic E-state index is 12.6. The summed E-state index contributed by atoms with van der Waals surface area (Å²) in [4.78, 5) is 24.8. The van der Waals surface area contributed by atoms with Crippen LogP contribution in [0.15, 0.2) is 59.5 Å². The third-order valence-electron chi connectivity index (χ3n) is 5.15. The highest BCUT2D eigenvalue weighted by molar-refractivity contribution is 7.89. The molecule has 8 nitrogen and oxygen atoms in total. The number of nitrogens with one attached hydrogen (secondary N) is 2. The summed E-state index contributed by atoms with van der Waals surface area (Å²) in [6.07, 6.45) is 2.09. The lowest BCUT2D eigenvalue weighted by Crippen LogP contribution is -2.41. The number of hydrogen-bond acceptors (Lipinski definition) is 5. The van der Waals surface area contributed by atoms with Crippen LogP contribution in [0.2, 0.25) is 0 Å². The lowest BCUT2D eigenvalue weighted by Gasteiger charge is -2.29. The van der Waals surface area contributed by atoms with E-state index in [1.165, 1.54) is 38.4 Å². The van der Waals surface area contributed by atoms with Crippen molar-refractivity contribution in [3.8, 4) is 0 Å². The fourth-order valence-corrected chi connectivity index (χ4v) is 4.36. The number of hydrogen-bond donors (Lipinski definition) is 2. The Morgan fingerprint density at radius 2 is 1.68 bits per heavy atom. The zero-order chi connectivity index (χ0) is 22.4. The number of benzene rings is 2. The summed E-state index contributed by atoms with van der Waals surface area (Å²) in [7, 11) is -0.629. The molecule has 0 unspecified atom stereocenters. The largest absolute Gasteiger partial charge is 0.446 e. The van der Waals surface area contributed by atoms with E-state index in [1.54, 1.807) is 12.1 Å². The average molecular weight is 446 g/mol. The number of para-hydroxylation sites is 1. The minimum absolute atomic E-state index is 0.124. The van der Waals surface area contributed by atoms with E-state index in [2.05, 4.69) is 10.6 Å². The zero-order valence-electron chi connectivity index (χ0n) is 17.6. The van der Waals surface area contributed by atoms with Gasteiger partial charge >= 0.3 is 6.09 Å². The van der Waals surface area contributed by atoms with Crippen LogP contribution in [0.3, 0.4) is 0 Å². The van der Waals surface area contributed by atoms with E-state index >= 15 is 0 Å². The summed E-state index contributed by atoms with van der Waals surface area (Å²) < 4.78 is 30.9. The molecule has 1 saturated carbocycles. The van der Waals surface area contributed by atoms with Crippen molar-refractivity contribution in [3.05, 3.63) is 60.2 Å². The first-order valence-electron chi connectivity index (χ1n) is 10.1. The molecule has 2 amide bonds. The number of anilines is 1. The molecule has 0 bridgehead atoms. The molecule has 166 valence electrons.